The molecule has 7 heteroatoms. The fourth-order valence-electron chi connectivity index (χ4n) is 1.60. The molecule has 0 aromatic heterocycles. The van der Waals surface area contributed by atoms with Gasteiger partial charge >= 0.3 is 0 Å². The lowest BCUT2D eigenvalue weighted by atomic mass is 10.3. The Morgan fingerprint density at radius 1 is 1.38 bits per heavy atom. The molecule has 2 N–H and O–H groups in total. The molecule has 1 rings (SSSR count). The predicted octanol–water partition coefficient (Wildman–Crippen LogP) is 1.34. The van der Waals surface area contributed by atoms with E-state index in [9.17, 15) is 12.8 Å². The highest BCUT2D eigenvalue weighted by atomic mass is 32.2. The lowest BCUT2D eigenvalue weighted by Gasteiger charge is -2.09. The highest BCUT2D eigenvalue weighted by Crippen LogP contribution is 2.14. The second-order valence-corrected chi connectivity index (χ2v) is 6.26. The Kier molecular flexibility index (Phi) is 6.87. The summed E-state index contributed by atoms with van der Waals surface area (Å²) < 4.78 is 37.6. The number of aliphatic imine (C=N–C) groups is 1. The van der Waals surface area contributed by atoms with Crippen LogP contribution in [0.25, 0.3) is 0 Å². The summed E-state index contributed by atoms with van der Waals surface area (Å²) in [4.78, 5) is 3.85. The fourth-order valence-corrected chi connectivity index (χ4v) is 2.80. The number of guanidine groups is 1. The number of hydrogen-bond acceptors (Lipinski definition) is 3. The molecule has 0 aliphatic heterocycles. The lowest BCUT2D eigenvalue weighted by Crippen LogP contribution is -2.37. The zero-order valence-corrected chi connectivity index (χ0v) is 12.8. The van der Waals surface area contributed by atoms with Crippen LogP contribution >= 0.6 is 0 Å². The number of nitrogens with zero attached hydrogens (tertiary/aromatic N) is 1. The summed E-state index contributed by atoms with van der Waals surface area (Å²) in [6.45, 7) is 6.70. The summed E-state index contributed by atoms with van der Waals surface area (Å²) in [6, 6.07) is 5.34. The van der Waals surface area contributed by atoms with Gasteiger partial charge in [0.15, 0.2) is 15.8 Å². The molecule has 21 heavy (non-hydrogen) atoms. The molecule has 0 saturated carbocycles. The van der Waals surface area contributed by atoms with E-state index in [0.29, 0.717) is 19.0 Å². The van der Waals surface area contributed by atoms with E-state index < -0.39 is 15.7 Å². The van der Waals surface area contributed by atoms with Crippen molar-refractivity contribution in [2.24, 2.45) is 4.99 Å². The van der Waals surface area contributed by atoms with E-state index in [1.807, 2.05) is 6.92 Å². The van der Waals surface area contributed by atoms with Gasteiger partial charge in [0, 0.05) is 13.1 Å². The van der Waals surface area contributed by atoms with Gasteiger partial charge in [0.05, 0.1) is 12.3 Å². The molecular formula is C14H20FN3O2S. The summed E-state index contributed by atoms with van der Waals surface area (Å²) in [7, 11) is -3.68. The molecule has 0 atom stereocenters. The molecule has 0 spiro atoms. The van der Waals surface area contributed by atoms with E-state index >= 15 is 0 Å². The maximum Gasteiger partial charge on any atom is 0.191 e. The van der Waals surface area contributed by atoms with Crippen molar-refractivity contribution < 1.29 is 12.8 Å². The van der Waals surface area contributed by atoms with Gasteiger partial charge in [-0.1, -0.05) is 18.2 Å². The Hall–Kier alpha value is -1.89. The van der Waals surface area contributed by atoms with Crippen molar-refractivity contribution in [2.45, 2.75) is 11.8 Å². The molecule has 0 unspecified atom stereocenters. The highest BCUT2D eigenvalue weighted by Gasteiger charge is 2.18. The largest absolute Gasteiger partial charge is 0.357 e. The molecule has 1 aromatic rings. The summed E-state index contributed by atoms with van der Waals surface area (Å²) in [6.07, 6.45) is 1.67. The Balaban J connectivity index is 2.72. The molecule has 0 bridgehead atoms. The number of sulfone groups is 1. The number of nitrogens with one attached hydrogen (secondary N) is 2. The van der Waals surface area contributed by atoms with Crippen molar-refractivity contribution in [1.29, 1.82) is 0 Å². The zero-order chi connectivity index (χ0) is 15.7. The topological polar surface area (TPSA) is 70.6 Å². The van der Waals surface area contributed by atoms with Crippen molar-refractivity contribution in [2.75, 3.05) is 25.4 Å². The molecule has 0 amide bonds. The maximum atomic E-state index is 13.5. The van der Waals surface area contributed by atoms with Gasteiger partial charge in [0.1, 0.15) is 10.7 Å². The third-order valence-corrected chi connectivity index (χ3v) is 4.28. The van der Waals surface area contributed by atoms with E-state index in [4.69, 9.17) is 0 Å². The van der Waals surface area contributed by atoms with Crippen molar-refractivity contribution >= 4 is 15.8 Å². The van der Waals surface area contributed by atoms with E-state index in [-0.39, 0.29) is 17.2 Å². The Bertz CT molecular complexity index is 600. The van der Waals surface area contributed by atoms with E-state index in [1.165, 1.54) is 18.2 Å². The van der Waals surface area contributed by atoms with Crippen LogP contribution in [0.1, 0.15) is 6.92 Å². The van der Waals surface area contributed by atoms with Gasteiger partial charge in [-0.15, -0.1) is 6.58 Å². The number of rotatable bonds is 7. The minimum absolute atomic E-state index is 0.0448. The van der Waals surface area contributed by atoms with Crippen LogP contribution in [0.4, 0.5) is 4.39 Å². The number of benzene rings is 1. The van der Waals surface area contributed by atoms with Gasteiger partial charge in [0.2, 0.25) is 0 Å². The highest BCUT2D eigenvalue weighted by molar-refractivity contribution is 7.91. The average Bonchev–Trinajstić information content (AvgIpc) is 2.45. The van der Waals surface area contributed by atoms with Gasteiger partial charge in [-0.05, 0) is 19.1 Å². The quantitative estimate of drug-likeness (QED) is 0.453. The number of halogens is 1. The zero-order valence-electron chi connectivity index (χ0n) is 12.0. The molecule has 1 aromatic carbocycles. The van der Waals surface area contributed by atoms with Crippen LogP contribution in [0.15, 0.2) is 46.8 Å². The average molecular weight is 313 g/mol. The maximum absolute atomic E-state index is 13.5. The normalized spacial score (nSPS) is 12.0. The van der Waals surface area contributed by atoms with Crippen LogP contribution in [-0.4, -0.2) is 39.8 Å². The van der Waals surface area contributed by atoms with Crippen LogP contribution in [0.5, 0.6) is 0 Å². The first kappa shape index (κ1) is 17.2. The molecule has 0 aliphatic rings. The van der Waals surface area contributed by atoms with Gasteiger partial charge < -0.3 is 10.6 Å². The first-order valence-corrected chi connectivity index (χ1v) is 8.27. The molecule has 5 nitrogen and oxygen atoms in total. The third kappa shape index (κ3) is 5.55. The minimum atomic E-state index is -3.68. The molecule has 0 radical (unpaired) electrons. The Morgan fingerprint density at radius 2 is 2.10 bits per heavy atom. The molecule has 0 heterocycles. The first-order chi connectivity index (χ1) is 10.0. The van der Waals surface area contributed by atoms with Gasteiger partial charge in [-0.3, -0.25) is 4.99 Å². The molecule has 116 valence electrons. The van der Waals surface area contributed by atoms with Crippen molar-refractivity contribution in [3.63, 3.8) is 0 Å². The van der Waals surface area contributed by atoms with Gasteiger partial charge in [0.25, 0.3) is 0 Å². The second-order valence-electron chi connectivity index (χ2n) is 4.18. The summed E-state index contributed by atoms with van der Waals surface area (Å²) in [5.41, 5.74) is 0. The summed E-state index contributed by atoms with van der Waals surface area (Å²) in [5, 5.41) is 5.94. The minimum Gasteiger partial charge on any atom is -0.357 e. The van der Waals surface area contributed by atoms with E-state index in [1.54, 1.807) is 6.08 Å². The fraction of sp³-hybridized carbons (Fsp3) is 0.357. The second kappa shape index (κ2) is 8.41. The van der Waals surface area contributed by atoms with Crippen molar-refractivity contribution in [3.8, 4) is 0 Å². The standard InChI is InChI=1S/C14H20FN3O2S/c1-3-9-17-14(16-4-2)18-10-11-21(19,20)13-8-6-5-7-12(13)15/h3,5-8H,1,4,9-11H2,2H3,(H2,16,17,18). The van der Waals surface area contributed by atoms with Crippen LogP contribution in [0, 0.1) is 5.82 Å². The van der Waals surface area contributed by atoms with Crippen LogP contribution in [-0.2, 0) is 9.84 Å². The molecule has 0 aliphatic carbocycles. The van der Waals surface area contributed by atoms with Gasteiger partial charge in [-0.25, -0.2) is 12.8 Å². The van der Waals surface area contributed by atoms with E-state index in [0.717, 1.165) is 6.07 Å². The lowest BCUT2D eigenvalue weighted by molar-refractivity contribution is 0.567. The molecular weight excluding hydrogens is 293 g/mol. The predicted molar refractivity (Wildman–Crippen MR) is 82.6 cm³/mol. The Labute approximate surface area is 124 Å². The first-order valence-electron chi connectivity index (χ1n) is 6.61. The molecule has 0 fully saturated rings. The third-order valence-electron chi connectivity index (χ3n) is 2.56. The van der Waals surface area contributed by atoms with Crippen LogP contribution in [0.3, 0.4) is 0 Å². The van der Waals surface area contributed by atoms with Crippen molar-refractivity contribution in [3.05, 3.63) is 42.7 Å². The van der Waals surface area contributed by atoms with E-state index in [2.05, 4.69) is 22.2 Å². The smallest absolute Gasteiger partial charge is 0.191 e. The molecule has 0 saturated heterocycles. The number of hydrogen-bond donors (Lipinski definition) is 2. The van der Waals surface area contributed by atoms with Crippen LogP contribution in [0.2, 0.25) is 0 Å². The monoisotopic (exact) mass is 313 g/mol. The summed E-state index contributed by atoms with van der Waals surface area (Å²) >= 11 is 0. The Morgan fingerprint density at radius 3 is 2.71 bits per heavy atom. The van der Waals surface area contributed by atoms with Crippen LogP contribution < -0.4 is 10.6 Å². The van der Waals surface area contributed by atoms with Gasteiger partial charge in [-0.2, -0.15) is 0 Å². The SMILES string of the molecule is C=CCNC(=NCCS(=O)(=O)c1ccccc1F)NCC. The summed E-state index contributed by atoms with van der Waals surface area (Å²) in [5.74, 6) is -0.488. The van der Waals surface area contributed by atoms with Crippen molar-refractivity contribution in [1.82, 2.24) is 10.6 Å².